The van der Waals surface area contributed by atoms with Gasteiger partial charge >= 0.3 is 24.0 Å². The summed E-state index contributed by atoms with van der Waals surface area (Å²) in [6.45, 7) is -0.0347. The third-order valence-corrected chi connectivity index (χ3v) is 4.66. The normalized spacial score (nSPS) is 11.2. The minimum Gasteiger partial charge on any atom is -0.460 e. The maximum Gasteiger partial charge on any atom is 0.338 e. The molecule has 13 heteroatoms. The van der Waals surface area contributed by atoms with Crippen molar-refractivity contribution in [1.29, 1.82) is 0 Å². The number of hydrogen-bond donors (Lipinski definition) is 5. The van der Waals surface area contributed by atoms with Crippen molar-refractivity contribution in [2.75, 3.05) is 10.0 Å². The van der Waals surface area contributed by atoms with E-state index in [0.717, 1.165) is 5.56 Å². The van der Waals surface area contributed by atoms with Gasteiger partial charge in [-0.05, 0) is 36.1 Å². The van der Waals surface area contributed by atoms with Crippen molar-refractivity contribution >= 4 is 35.4 Å². The zero-order valence-electron chi connectivity index (χ0n) is 17.5. The van der Waals surface area contributed by atoms with Crippen LogP contribution >= 0.6 is 0 Å². The number of rotatable bonds is 9. The van der Waals surface area contributed by atoms with Gasteiger partial charge in [0.05, 0.1) is 11.4 Å². The maximum atomic E-state index is 12.5. The highest BCUT2D eigenvalue weighted by atomic mass is 16.7. The molecule has 0 radical (unpaired) electrons. The van der Waals surface area contributed by atoms with Crippen LogP contribution in [0, 0.1) is 5.92 Å². The number of aryl methyl sites for hydroxylation is 1. The smallest absolute Gasteiger partial charge is 0.338 e. The second-order valence-corrected chi connectivity index (χ2v) is 6.86. The van der Waals surface area contributed by atoms with Crippen LogP contribution in [0.5, 0.6) is 0 Å². The number of benzene rings is 2. The van der Waals surface area contributed by atoms with E-state index in [0.29, 0.717) is 15.6 Å². The molecule has 0 spiro atoms. The quantitative estimate of drug-likeness (QED) is 0.111. The molecule has 0 unspecified atom stereocenters. The Balaban J connectivity index is 2.19. The summed E-state index contributed by atoms with van der Waals surface area (Å²) in [6.07, 6.45) is 0.104. The second-order valence-electron chi connectivity index (χ2n) is 6.86. The van der Waals surface area contributed by atoms with E-state index in [9.17, 15) is 19.2 Å². The Bertz CT molecular complexity index is 1020. The number of hydrazine groups is 2. The number of amides is 4. The van der Waals surface area contributed by atoms with Gasteiger partial charge in [-0.1, -0.05) is 36.4 Å². The highest BCUT2D eigenvalue weighted by molar-refractivity contribution is 5.99. The summed E-state index contributed by atoms with van der Waals surface area (Å²) in [5.74, 6) is 13.2. The van der Waals surface area contributed by atoms with E-state index in [-0.39, 0.29) is 30.8 Å². The first-order valence-electron chi connectivity index (χ1n) is 9.58. The average molecular weight is 459 g/mol. The van der Waals surface area contributed by atoms with Gasteiger partial charge in [0.25, 0.3) is 0 Å². The summed E-state index contributed by atoms with van der Waals surface area (Å²) in [4.78, 5) is 51.7. The van der Waals surface area contributed by atoms with Crippen molar-refractivity contribution in [3.63, 3.8) is 0 Å². The van der Waals surface area contributed by atoms with Gasteiger partial charge < -0.3 is 21.0 Å². The van der Waals surface area contributed by atoms with E-state index in [2.05, 4.69) is 4.84 Å². The molecule has 1 atom stereocenters. The molecule has 0 heterocycles. The highest BCUT2D eigenvalue weighted by Gasteiger charge is 2.30. The number of esters is 1. The number of primary amides is 2. The second kappa shape index (κ2) is 11.4. The van der Waals surface area contributed by atoms with Gasteiger partial charge in [-0.15, -0.1) is 0 Å². The largest absolute Gasteiger partial charge is 0.460 e. The summed E-state index contributed by atoms with van der Waals surface area (Å²) >= 11 is 0. The van der Waals surface area contributed by atoms with Gasteiger partial charge in [0, 0.05) is 0 Å². The minimum atomic E-state index is -1.30. The van der Waals surface area contributed by atoms with Crippen LogP contribution in [-0.2, 0) is 32.2 Å². The molecule has 0 saturated carbocycles. The van der Waals surface area contributed by atoms with Gasteiger partial charge in [-0.25, -0.2) is 36.1 Å². The van der Waals surface area contributed by atoms with Crippen LogP contribution in [0.1, 0.15) is 17.5 Å². The molecule has 13 nitrogen and oxygen atoms in total. The molecule has 2 aromatic rings. The molecule has 0 bridgehead atoms. The van der Waals surface area contributed by atoms with Crippen molar-refractivity contribution < 1.29 is 28.8 Å². The molecular weight excluding hydrogens is 434 g/mol. The Hall–Kier alpha value is -4.20. The van der Waals surface area contributed by atoms with E-state index in [1.165, 1.54) is 18.2 Å². The molecule has 10 N–H and O–H groups in total. The van der Waals surface area contributed by atoms with Crippen LogP contribution in [0.25, 0.3) is 0 Å². The first-order valence-corrected chi connectivity index (χ1v) is 9.58. The number of nitrogens with two attached hydrogens (primary N) is 5. The van der Waals surface area contributed by atoms with E-state index >= 15 is 0 Å². The lowest BCUT2D eigenvalue weighted by atomic mass is 9.98. The van der Waals surface area contributed by atoms with E-state index in [1.807, 2.05) is 6.07 Å². The summed E-state index contributed by atoms with van der Waals surface area (Å²) in [5.41, 5.74) is 11.6. The zero-order valence-corrected chi connectivity index (χ0v) is 17.5. The Morgan fingerprint density at radius 3 is 2.00 bits per heavy atom. The number of ether oxygens (including phenoxy) is 1. The first kappa shape index (κ1) is 25.1. The van der Waals surface area contributed by atoms with Gasteiger partial charge in [0.2, 0.25) is 0 Å². The predicted octanol–water partition coefficient (Wildman–Crippen LogP) is -0.0867. The molecule has 0 aliphatic rings. The summed E-state index contributed by atoms with van der Waals surface area (Å²) in [7, 11) is 0. The van der Waals surface area contributed by atoms with Crippen molar-refractivity contribution in [2.45, 2.75) is 19.4 Å². The van der Waals surface area contributed by atoms with Gasteiger partial charge in [-0.2, -0.15) is 5.90 Å². The molecule has 4 amide bonds. The molecule has 0 aliphatic carbocycles. The Morgan fingerprint density at radius 2 is 1.42 bits per heavy atom. The molecule has 0 aliphatic heterocycles. The fraction of sp³-hybridized carbons (Fsp3) is 0.200. The summed E-state index contributed by atoms with van der Waals surface area (Å²) in [6, 6.07) is 11.2. The van der Waals surface area contributed by atoms with Crippen LogP contribution < -0.4 is 39.1 Å². The lowest BCUT2D eigenvalue weighted by Crippen LogP contribution is -2.46. The third kappa shape index (κ3) is 6.64. The first-order chi connectivity index (χ1) is 15.6. The standard InChI is InChI=1S/C20H25N7O6/c21-19(30)26(23)15-9-7-12(10-16(15)27(24)20(22)31)6-8-14(18(29)33-25)17(28)32-11-13-4-2-1-3-5-13/h1-5,7,9-10,14H,6,8,11,23-25H2,(H2,21,30)(H2,22,31)/t14-/m1/s1. The van der Waals surface area contributed by atoms with Crippen LogP contribution in [0.4, 0.5) is 21.0 Å². The Kier molecular flexibility index (Phi) is 8.68. The molecule has 0 aromatic heterocycles. The van der Waals surface area contributed by atoms with Gasteiger partial charge in [-0.3, -0.25) is 4.79 Å². The SMILES string of the molecule is NOC(=O)[C@H](CCc1ccc(N(N)C(N)=O)c(N(N)C(N)=O)c1)C(=O)OCc1ccccc1. The fourth-order valence-electron chi connectivity index (χ4n) is 2.91. The third-order valence-electron chi connectivity index (χ3n) is 4.66. The van der Waals surface area contributed by atoms with Gasteiger partial charge in [0.15, 0.2) is 5.92 Å². The molecular formula is C20H25N7O6. The zero-order chi connectivity index (χ0) is 24.5. The minimum absolute atomic E-state index is 0.00717. The summed E-state index contributed by atoms with van der Waals surface area (Å²) in [5, 5.41) is 1.15. The lowest BCUT2D eigenvalue weighted by Gasteiger charge is -2.23. The van der Waals surface area contributed by atoms with Crippen molar-refractivity contribution in [1.82, 2.24) is 0 Å². The number of anilines is 2. The average Bonchev–Trinajstić information content (AvgIpc) is 2.82. The Morgan fingerprint density at radius 1 is 0.818 bits per heavy atom. The van der Waals surface area contributed by atoms with Crippen molar-refractivity contribution in [3.05, 3.63) is 59.7 Å². The summed E-state index contributed by atoms with van der Waals surface area (Å²) < 4.78 is 5.21. The molecule has 0 fully saturated rings. The predicted molar refractivity (Wildman–Crippen MR) is 117 cm³/mol. The van der Waals surface area contributed by atoms with E-state index in [1.54, 1.807) is 24.3 Å². The van der Waals surface area contributed by atoms with Gasteiger partial charge in [0.1, 0.15) is 6.61 Å². The maximum absolute atomic E-state index is 12.5. The molecule has 2 aromatic carbocycles. The number of hydrogen-bond acceptors (Lipinski definition) is 9. The topological polar surface area (TPSA) is 223 Å². The van der Waals surface area contributed by atoms with Crippen LogP contribution in [0.2, 0.25) is 0 Å². The molecule has 176 valence electrons. The lowest BCUT2D eigenvalue weighted by molar-refractivity contribution is -0.163. The molecule has 33 heavy (non-hydrogen) atoms. The van der Waals surface area contributed by atoms with Crippen LogP contribution in [0.3, 0.4) is 0 Å². The number of nitrogens with zero attached hydrogens (tertiary/aromatic N) is 2. The number of carbonyl (C=O) groups excluding carboxylic acids is 4. The van der Waals surface area contributed by atoms with Crippen molar-refractivity contribution in [2.24, 2.45) is 35.0 Å². The molecule has 2 rings (SSSR count). The van der Waals surface area contributed by atoms with Crippen molar-refractivity contribution in [3.8, 4) is 0 Å². The van der Waals surface area contributed by atoms with E-state index < -0.39 is 29.9 Å². The number of carbonyl (C=O) groups is 4. The van der Waals surface area contributed by atoms with E-state index in [4.69, 9.17) is 33.8 Å². The highest BCUT2D eigenvalue weighted by Crippen LogP contribution is 2.29. The molecule has 0 saturated heterocycles. The van der Waals surface area contributed by atoms with Crippen LogP contribution in [-0.4, -0.2) is 24.0 Å². The Labute approximate surface area is 188 Å². The van der Waals surface area contributed by atoms with Crippen LogP contribution in [0.15, 0.2) is 48.5 Å². The monoisotopic (exact) mass is 459 g/mol. The fourth-order valence-corrected chi connectivity index (χ4v) is 2.91. The number of urea groups is 2.